The summed E-state index contributed by atoms with van der Waals surface area (Å²) in [6, 6.07) is 1.21. The van der Waals surface area contributed by atoms with Gasteiger partial charge in [-0.05, 0) is 26.3 Å². The topological polar surface area (TPSA) is 61.6 Å². The zero-order valence-electron chi connectivity index (χ0n) is 13.1. The van der Waals surface area contributed by atoms with E-state index in [4.69, 9.17) is 5.73 Å². The molecule has 0 aromatic rings. The van der Waals surface area contributed by atoms with Gasteiger partial charge < -0.3 is 11.1 Å². The van der Waals surface area contributed by atoms with Crippen molar-refractivity contribution >= 4 is 5.91 Å². The van der Waals surface area contributed by atoms with Crippen LogP contribution in [-0.4, -0.2) is 66.1 Å². The molecule has 0 saturated carbocycles. The number of piperidine rings is 1. The molecule has 3 N–H and O–H groups in total. The van der Waals surface area contributed by atoms with Gasteiger partial charge in [0.1, 0.15) is 0 Å². The van der Waals surface area contributed by atoms with E-state index in [2.05, 4.69) is 35.9 Å². The molecule has 2 heterocycles. The number of hydrogen-bond donors (Lipinski definition) is 2. The Morgan fingerprint density at radius 1 is 1.35 bits per heavy atom. The Labute approximate surface area is 122 Å². The van der Waals surface area contributed by atoms with Crippen LogP contribution in [0.5, 0.6) is 0 Å². The van der Waals surface area contributed by atoms with Crippen LogP contribution in [0.15, 0.2) is 0 Å². The van der Waals surface area contributed by atoms with Gasteiger partial charge in [0.05, 0.1) is 6.04 Å². The van der Waals surface area contributed by atoms with Crippen molar-refractivity contribution in [1.29, 1.82) is 0 Å². The molecule has 2 aliphatic rings. The molecule has 3 atom stereocenters. The lowest BCUT2D eigenvalue weighted by Crippen LogP contribution is -2.62. The summed E-state index contributed by atoms with van der Waals surface area (Å²) in [5, 5.41) is 3.29. The van der Waals surface area contributed by atoms with Crippen molar-refractivity contribution in [1.82, 2.24) is 15.1 Å². The number of rotatable bonds is 5. The molecule has 2 fully saturated rings. The van der Waals surface area contributed by atoms with Crippen molar-refractivity contribution in [2.75, 3.05) is 26.2 Å². The van der Waals surface area contributed by atoms with Gasteiger partial charge in [-0.25, -0.2) is 0 Å². The summed E-state index contributed by atoms with van der Waals surface area (Å²) in [5.41, 5.74) is 5.54. The molecular weight excluding hydrogens is 252 g/mol. The maximum absolute atomic E-state index is 11.6. The zero-order chi connectivity index (χ0) is 14.7. The molecule has 5 heteroatoms. The average Bonchev–Trinajstić information content (AvgIpc) is 2.38. The maximum Gasteiger partial charge on any atom is 0.235 e. The van der Waals surface area contributed by atoms with Gasteiger partial charge in [-0.15, -0.1) is 0 Å². The number of nitrogens with one attached hydrogen (secondary N) is 1. The predicted octanol–water partition coefficient (Wildman–Crippen LogP) is 0.397. The van der Waals surface area contributed by atoms with Gasteiger partial charge in [0, 0.05) is 37.8 Å². The van der Waals surface area contributed by atoms with Gasteiger partial charge in [-0.1, -0.05) is 20.3 Å². The monoisotopic (exact) mass is 282 g/mol. The van der Waals surface area contributed by atoms with Crippen LogP contribution in [0.1, 0.15) is 40.0 Å². The minimum absolute atomic E-state index is 0.239. The molecule has 0 aliphatic carbocycles. The summed E-state index contributed by atoms with van der Waals surface area (Å²) in [6.07, 6.45) is 3.97. The third kappa shape index (κ3) is 3.93. The molecule has 0 radical (unpaired) electrons. The molecule has 1 amide bonds. The molecule has 0 spiro atoms. The Bertz CT molecular complexity index is 334. The smallest absolute Gasteiger partial charge is 0.235 e. The highest BCUT2D eigenvalue weighted by Crippen LogP contribution is 2.24. The van der Waals surface area contributed by atoms with Crippen molar-refractivity contribution in [2.45, 2.75) is 64.2 Å². The first kappa shape index (κ1) is 15.7. The van der Waals surface area contributed by atoms with Gasteiger partial charge in [-0.2, -0.15) is 0 Å². The maximum atomic E-state index is 11.6. The second-order valence-electron chi connectivity index (χ2n) is 6.72. The van der Waals surface area contributed by atoms with Crippen LogP contribution in [0.4, 0.5) is 0 Å². The van der Waals surface area contributed by atoms with Crippen LogP contribution in [0, 0.1) is 0 Å². The van der Waals surface area contributed by atoms with E-state index < -0.39 is 0 Å². The highest BCUT2D eigenvalue weighted by Gasteiger charge is 2.34. The van der Waals surface area contributed by atoms with Crippen molar-refractivity contribution in [3.8, 4) is 0 Å². The molecule has 2 rings (SSSR count). The van der Waals surface area contributed by atoms with E-state index in [0.29, 0.717) is 12.1 Å². The number of amides is 1. The number of hydrogen-bond acceptors (Lipinski definition) is 4. The fourth-order valence-corrected chi connectivity index (χ4v) is 3.53. The Morgan fingerprint density at radius 2 is 2.10 bits per heavy atom. The van der Waals surface area contributed by atoms with E-state index in [1.807, 2.05) is 0 Å². The minimum Gasteiger partial charge on any atom is -0.368 e. The SMILES string of the molecule is CC(C)NC(CN1CC2CCCCN2CC1C)C(N)=O. The first-order valence-corrected chi connectivity index (χ1v) is 8.01. The number of fused-ring (bicyclic) bond motifs is 1. The Kier molecular flexibility index (Phi) is 5.41. The van der Waals surface area contributed by atoms with E-state index in [1.54, 1.807) is 0 Å². The molecule has 2 aliphatic heterocycles. The van der Waals surface area contributed by atoms with Gasteiger partial charge in [-0.3, -0.25) is 14.6 Å². The fraction of sp³-hybridized carbons (Fsp3) is 0.933. The average molecular weight is 282 g/mol. The first-order chi connectivity index (χ1) is 9.47. The summed E-state index contributed by atoms with van der Waals surface area (Å²) in [6.45, 7) is 10.5. The summed E-state index contributed by atoms with van der Waals surface area (Å²) in [4.78, 5) is 16.7. The second kappa shape index (κ2) is 6.87. The Morgan fingerprint density at radius 3 is 2.75 bits per heavy atom. The minimum atomic E-state index is -0.243. The predicted molar refractivity (Wildman–Crippen MR) is 81.5 cm³/mol. The lowest BCUT2D eigenvalue weighted by molar-refractivity contribution is -0.121. The number of carbonyl (C=O) groups is 1. The van der Waals surface area contributed by atoms with Crippen LogP contribution in [0.2, 0.25) is 0 Å². The summed E-state index contributed by atoms with van der Waals surface area (Å²) >= 11 is 0. The van der Waals surface area contributed by atoms with Crippen LogP contribution in [0.3, 0.4) is 0 Å². The molecule has 116 valence electrons. The number of primary amides is 1. The van der Waals surface area contributed by atoms with Crippen LogP contribution >= 0.6 is 0 Å². The van der Waals surface area contributed by atoms with Crippen LogP contribution in [0.25, 0.3) is 0 Å². The number of nitrogens with zero attached hydrogens (tertiary/aromatic N) is 2. The number of piperazine rings is 1. The molecule has 5 nitrogen and oxygen atoms in total. The van der Waals surface area contributed by atoms with E-state index in [-0.39, 0.29) is 18.0 Å². The lowest BCUT2D eigenvalue weighted by atomic mass is 9.96. The largest absolute Gasteiger partial charge is 0.368 e. The summed E-state index contributed by atoms with van der Waals surface area (Å²) < 4.78 is 0. The third-order valence-corrected chi connectivity index (χ3v) is 4.61. The molecule has 0 bridgehead atoms. The van der Waals surface area contributed by atoms with Crippen molar-refractivity contribution in [2.24, 2.45) is 5.73 Å². The second-order valence-corrected chi connectivity index (χ2v) is 6.72. The van der Waals surface area contributed by atoms with Gasteiger partial charge in [0.25, 0.3) is 0 Å². The number of carbonyl (C=O) groups excluding carboxylic acids is 1. The van der Waals surface area contributed by atoms with E-state index in [1.165, 1.54) is 25.8 Å². The molecule has 3 unspecified atom stereocenters. The van der Waals surface area contributed by atoms with Crippen LogP contribution in [-0.2, 0) is 4.79 Å². The summed E-state index contributed by atoms with van der Waals surface area (Å²) in [5.74, 6) is -0.239. The van der Waals surface area contributed by atoms with Crippen molar-refractivity contribution < 1.29 is 4.79 Å². The van der Waals surface area contributed by atoms with Gasteiger partial charge in [0.15, 0.2) is 0 Å². The van der Waals surface area contributed by atoms with Crippen molar-refractivity contribution in [3.63, 3.8) is 0 Å². The molecular formula is C15H30N4O. The third-order valence-electron chi connectivity index (χ3n) is 4.61. The Hall–Kier alpha value is -0.650. The zero-order valence-corrected chi connectivity index (χ0v) is 13.1. The summed E-state index contributed by atoms with van der Waals surface area (Å²) in [7, 11) is 0. The standard InChI is InChI=1S/C15H30N4O/c1-11(2)17-14(15(16)20)10-19-9-13-6-4-5-7-18(13)8-12(19)3/h11-14,17H,4-10H2,1-3H3,(H2,16,20). The molecule has 20 heavy (non-hydrogen) atoms. The van der Waals surface area contributed by atoms with Crippen molar-refractivity contribution in [3.05, 3.63) is 0 Å². The Balaban J connectivity index is 1.94. The highest BCUT2D eigenvalue weighted by molar-refractivity contribution is 5.80. The highest BCUT2D eigenvalue weighted by atomic mass is 16.1. The van der Waals surface area contributed by atoms with Gasteiger partial charge >= 0.3 is 0 Å². The number of nitrogens with two attached hydrogens (primary N) is 1. The molecule has 0 aromatic carbocycles. The normalized spacial score (nSPS) is 30.2. The first-order valence-electron chi connectivity index (χ1n) is 8.01. The lowest BCUT2D eigenvalue weighted by Gasteiger charge is -2.48. The van der Waals surface area contributed by atoms with E-state index in [0.717, 1.165) is 19.6 Å². The van der Waals surface area contributed by atoms with E-state index >= 15 is 0 Å². The molecule has 0 aromatic heterocycles. The van der Waals surface area contributed by atoms with Gasteiger partial charge in [0.2, 0.25) is 5.91 Å². The quantitative estimate of drug-likeness (QED) is 0.766. The molecule has 2 saturated heterocycles. The van der Waals surface area contributed by atoms with Crippen LogP contribution < -0.4 is 11.1 Å². The van der Waals surface area contributed by atoms with E-state index in [9.17, 15) is 4.79 Å². The fourth-order valence-electron chi connectivity index (χ4n) is 3.53.